The first-order valence-corrected chi connectivity index (χ1v) is 5.97. The molecule has 1 aromatic rings. The highest BCUT2D eigenvalue weighted by molar-refractivity contribution is 5.68. The molecule has 0 spiro atoms. The van der Waals surface area contributed by atoms with Crippen LogP contribution in [0, 0.1) is 16.0 Å². The van der Waals surface area contributed by atoms with Crippen molar-refractivity contribution in [1.82, 2.24) is 9.97 Å². The lowest BCUT2D eigenvalue weighted by atomic mass is 10.1. The highest BCUT2D eigenvalue weighted by Gasteiger charge is 2.21. The Morgan fingerprint density at radius 3 is 2.61 bits per heavy atom. The summed E-state index contributed by atoms with van der Waals surface area (Å²) in [6, 6.07) is 0. The van der Waals surface area contributed by atoms with Gasteiger partial charge in [0.1, 0.15) is 6.33 Å². The lowest BCUT2D eigenvalue weighted by Crippen LogP contribution is -2.09. The van der Waals surface area contributed by atoms with Gasteiger partial charge in [-0.1, -0.05) is 13.8 Å². The van der Waals surface area contributed by atoms with Gasteiger partial charge in [0.2, 0.25) is 11.6 Å². The Kier molecular flexibility index (Phi) is 5.29. The van der Waals surface area contributed by atoms with Gasteiger partial charge in [0, 0.05) is 13.6 Å². The lowest BCUT2D eigenvalue weighted by molar-refractivity contribution is -0.383. The van der Waals surface area contributed by atoms with Gasteiger partial charge in [-0.25, -0.2) is 9.97 Å². The first-order chi connectivity index (χ1) is 8.56. The van der Waals surface area contributed by atoms with E-state index in [1.165, 1.54) is 6.33 Å². The highest BCUT2D eigenvalue weighted by Crippen LogP contribution is 2.28. The third-order valence-corrected chi connectivity index (χ3v) is 2.49. The maximum absolute atomic E-state index is 11.0. The zero-order valence-corrected chi connectivity index (χ0v) is 10.9. The van der Waals surface area contributed by atoms with Gasteiger partial charge in [0.05, 0.1) is 4.92 Å². The molecule has 2 N–H and O–H groups in total. The van der Waals surface area contributed by atoms with Crippen LogP contribution in [0.3, 0.4) is 0 Å². The van der Waals surface area contributed by atoms with Crippen LogP contribution in [0.25, 0.3) is 0 Å². The van der Waals surface area contributed by atoms with E-state index in [4.69, 9.17) is 0 Å². The summed E-state index contributed by atoms with van der Waals surface area (Å²) in [4.78, 5) is 18.3. The molecule has 0 radical (unpaired) electrons. The van der Waals surface area contributed by atoms with Crippen molar-refractivity contribution >= 4 is 17.3 Å². The van der Waals surface area contributed by atoms with Crippen LogP contribution in [0.5, 0.6) is 0 Å². The minimum absolute atomic E-state index is 0.107. The predicted octanol–water partition coefficient (Wildman–Crippen LogP) is 2.27. The number of anilines is 2. The van der Waals surface area contributed by atoms with E-state index >= 15 is 0 Å². The maximum Gasteiger partial charge on any atom is 0.353 e. The van der Waals surface area contributed by atoms with E-state index in [-0.39, 0.29) is 17.3 Å². The predicted molar refractivity (Wildman–Crippen MR) is 70.8 cm³/mol. The monoisotopic (exact) mass is 253 g/mol. The van der Waals surface area contributed by atoms with Crippen LogP contribution < -0.4 is 10.6 Å². The zero-order valence-electron chi connectivity index (χ0n) is 10.9. The Morgan fingerprint density at radius 1 is 1.39 bits per heavy atom. The van der Waals surface area contributed by atoms with Gasteiger partial charge in [0.15, 0.2) is 0 Å². The lowest BCUT2D eigenvalue weighted by Gasteiger charge is -2.08. The van der Waals surface area contributed by atoms with E-state index in [0.29, 0.717) is 12.5 Å². The molecule has 0 unspecified atom stereocenters. The smallest absolute Gasteiger partial charge is 0.353 e. The van der Waals surface area contributed by atoms with Gasteiger partial charge in [-0.2, -0.15) is 0 Å². The van der Waals surface area contributed by atoms with Crippen molar-refractivity contribution in [2.75, 3.05) is 24.2 Å². The summed E-state index contributed by atoms with van der Waals surface area (Å²) in [5.41, 5.74) is -0.107. The van der Waals surface area contributed by atoms with Crippen molar-refractivity contribution in [3.05, 3.63) is 16.4 Å². The number of nitrogens with zero attached hydrogens (tertiary/aromatic N) is 3. The number of hydrogen-bond donors (Lipinski definition) is 2. The molecule has 0 aliphatic heterocycles. The zero-order chi connectivity index (χ0) is 13.5. The Bertz CT molecular complexity index is 408. The van der Waals surface area contributed by atoms with E-state index in [1.54, 1.807) is 7.05 Å². The average Bonchev–Trinajstić information content (AvgIpc) is 2.33. The van der Waals surface area contributed by atoms with Gasteiger partial charge < -0.3 is 10.6 Å². The molecule has 0 atom stereocenters. The summed E-state index contributed by atoms with van der Waals surface area (Å²) < 4.78 is 0. The fraction of sp³-hybridized carbons (Fsp3) is 0.636. The van der Waals surface area contributed by atoms with Crippen LogP contribution >= 0.6 is 0 Å². The second-order valence-electron chi connectivity index (χ2n) is 4.39. The normalized spacial score (nSPS) is 10.4. The van der Waals surface area contributed by atoms with E-state index in [9.17, 15) is 10.1 Å². The maximum atomic E-state index is 11.0. The van der Waals surface area contributed by atoms with Gasteiger partial charge >= 0.3 is 5.69 Å². The molecule has 0 aromatic carbocycles. The standard InChI is InChI=1S/C11H19N5O2/c1-8(2)5-4-6-13-11-9(16(17)18)10(12-3)14-7-15-11/h7-8H,4-6H2,1-3H3,(H2,12,13,14,15). The van der Waals surface area contributed by atoms with Gasteiger partial charge in [-0.05, 0) is 18.8 Å². The summed E-state index contributed by atoms with van der Waals surface area (Å²) in [5, 5.41) is 16.7. The summed E-state index contributed by atoms with van der Waals surface area (Å²) in [6.45, 7) is 4.96. The Morgan fingerprint density at radius 2 is 2.06 bits per heavy atom. The van der Waals surface area contributed by atoms with Crippen molar-refractivity contribution in [2.45, 2.75) is 26.7 Å². The van der Waals surface area contributed by atoms with Crippen LogP contribution in [0.15, 0.2) is 6.33 Å². The number of aromatic nitrogens is 2. The first kappa shape index (κ1) is 14.1. The molecule has 7 heteroatoms. The molecule has 0 saturated carbocycles. The number of nitro groups is 1. The van der Waals surface area contributed by atoms with Crippen molar-refractivity contribution < 1.29 is 4.92 Å². The second kappa shape index (κ2) is 6.73. The molecular formula is C11H19N5O2. The molecule has 1 heterocycles. The van der Waals surface area contributed by atoms with Gasteiger partial charge in [0.25, 0.3) is 0 Å². The van der Waals surface area contributed by atoms with Crippen molar-refractivity contribution in [1.29, 1.82) is 0 Å². The Hall–Kier alpha value is -1.92. The third-order valence-electron chi connectivity index (χ3n) is 2.49. The summed E-state index contributed by atoms with van der Waals surface area (Å²) in [5.74, 6) is 1.12. The molecule has 1 aromatic heterocycles. The molecule has 0 amide bonds. The fourth-order valence-electron chi connectivity index (χ4n) is 1.58. The molecule has 0 saturated heterocycles. The van der Waals surface area contributed by atoms with E-state index in [1.807, 2.05) is 0 Å². The minimum atomic E-state index is -0.476. The first-order valence-electron chi connectivity index (χ1n) is 5.97. The number of hydrogen-bond acceptors (Lipinski definition) is 6. The van der Waals surface area contributed by atoms with Crippen LogP contribution in [-0.2, 0) is 0 Å². The van der Waals surface area contributed by atoms with Crippen molar-refractivity contribution in [2.24, 2.45) is 5.92 Å². The van der Waals surface area contributed by atoms with Crippen LogP contribution in [0.1, 0.15) is 26.7 Å². The topological polar surface area (TPSA) is 93.0 Å². The second-order valence-corrected chi connectivity index (χ2v) is 4.39. The largest absolute Gasteiger partial charge is 0.367 e. The average molecular weight is 253 g/mol. The molecule has 0 aliphatic rings. The van der Waals surface area contributed by atoms with E-state index < -0.39 is 4.92 Å². The highest BCUT2D eigenvalue weighted by atomic mass is 16.6. The summed E-state index contributed by atoms with van der Waals surface area (Å²) >= 11 is 0. The summed E-state index contributed by atoms with van der Waals surface area (Å²) in [7, 11) is 1.60. The fourth-order valence-corrected chi connectivity index (χ4v) is 1.58. The Labute approximate surface area is 106 Å². The quantitative estimate of drug-likeness (QED) is 0.440. The summed E-state index contributed by atoms with van der Waals surface area (Å²) in [6.07, 6.45) is 3.34. The molecule has 1 rings (SSSR count). The van der Waals surface area contributed by atoms with Gasteiger partial charge in [-0.15, -0.1) is 0 Å². The number of rotatable bonds is 7. The number of nitrogens with one attached hydrogen (secondary N) is 2. The Balaban J connectivity index is 2.72. The molecule has 0 aliphatic carbocycles. The molecule has 18 heavy (non-hydrogen) atoms. The molecular weight excluding hydrogens is 234 g/mol. The minimum Gasteiger partial charge on any atom is -0.367 e. The van der Waals surface area contributed by atoms with Crippen LogP contribution in [0.4, 0.5) is 17.3 Å². The van der Waals surface area contributed by atoms with Crippen molar-refractivity contribution in [3.8, 4) is 0 Å². The van der Waals surface area contributed by atoms with Crippen LogP contribution in [-0.4, -0.2) is 28.5 Å². The van der Waals surface area contributed by atoms with E-state index in [0.717, 1.165) is 12.8 Å². The molecule has 0 bridgehead atoms. The molecule has 0 fully saturated rings. The van der Waals surface area contributed by atoms with Gasteiger partial charge in [-0.3, -0.25) is 10.1 Å². The molecule has 100 valence electrons. The van der Waals surface area contributed by atoms with Crippen molar-refractivity contribution in [3.63, 3.8) is 0 Å². The molecule has 7 nitrogen and oxygen atoms in total. The SMILES string of the molecule is CNc1ncnc(NCCCC(C)C)c1[N+](=O)[O-]. The van der Waals surface area contributed by atoms with Crippen LogP contribution in [0.2, 0.25) is 0 Å². The van der Waals surface area contributed by atoms with E-state index in [2.05, 4.69) is 34.4 Å². The third kappa shape index (κ3) is 3.83.